The molecule has 84 heavy (non-hydrogen) atoms. The van der Waals surface area contributed by atoms with E-state index < -0.39 is 51.9 Å². The van der Waals surface area contributed by atoms with Gasteiger partial charge in [0.05, 0.1) is 34.8 Å². The largest absolute Gasteiger partial charge is 0.444 e. The molecular formula is C63H69ClF2N10O8. The minimum absolute atomic E-state index is 0. The number of nitrogens with two attached hydrogens (primary N) is 1. The van der Waals surface area contributed by atoms with Crippen molar-refractivity contribution in [1.29, 1.82) is 0 Å². The first kappa shape index (κ1) is 61.5. The van der Waals surface area contributed by atoms with Gasteiger partial charge in [0.2, 0.25) is 0 Å². The van der Waals surface area contributed by atoms with Gasteiger partial charge in [-0.1, -0.05) is 74.2 Å². The number of rotatable bonds is 21. The maximum atomic E-state index is 15.2. The summed E-state index contributed by atoms with van der Waals surface area (Å²) in [5, 5.41) is 11.7. The average molecular weight is 1170 g/mol. The lowest BCUT2D eigenvalue weighted by atomic mass is 9.96. The van der Waals surface area contributed by atoms with E-state index >= 15 is 4.39 Å². The van der Waals surface area contributed by atoms with Crippen molar-refractivity contribution in [1.82, 2.24) is 44.0 Å². The number of benzene rings is 4. The van der Waals surface area contributed by atoms with Crippen LogP contribution in [-0.2, 0) is 30.7 Å². The summed E-state index contributed by atoms with van der Waals surface area (Å²) in [6.07, 6.45) is 9.75. The summed E-state index contributed by atoms with van der Waals surface area (Å²) in [5.41, 5.74) is 9.91. The Morgan fingerprint density at radius 3 is 1.50 bits per heavy atom. The Kier molecular flexibility index (Phi) is 19.6. The summed E-state index contributed by atoms with van der Waals surface area (Å²) in [7, 11) is 0. The second kappa shape index (κ2) is 26.7. The summed E-state index contributed by atoms with van der Waals surface area (Å²) in [6.45, 7) is 9.50. The highest BCUT2D eigenvalue weighted by Gasteiger charge is 2.28. The van der Waals surface area contributed by atoms with Gasteiger partial charge in [-0.2, -0.15) is 10.2 Å². The monoisotopic (exact) mass is 1170 g/mol. The van der Waals surface area contributed by atoms with E-state index in [0.29, 0.717) is 70.8 Å². The molecule has 2 aliphatic carbocycles. The van der Waals surface area contributed by atoms with E-state index in [0.717, 1.165) is 49.7 Å². The molecular weight excluding hydrogens is 1100 g/mol. The van der Waals surface area contributed by atoms with E-state index in [4.69, 9.17) is 10.5 Å². The maximum absolute atomic E-state index is 15.2. The molecule has 440 valence electrons. The molecule has 21 heteroatoms. The number of nitrogens with one attached hydrogen (secondary N) is 3. The number of halogens is 3. The number of Topliss-reactive ketones (excluding diaryl/α,β-unsaturated/α-hetero) is 2. The molecule has 0 radical (unpaired) electrons. The maximum Gasteiger partial charge on any atom is 0.407 e. The van der Waals surface area contributed by atoms with E-state index in [-0.39, 0.29) is 66.2 Å². The normalized spacial score (nSPS) is 13.7. The smallest absolute Gasteiger partial charge is 0.407 e. The van der Waals surface area contributed by atoms with Gasteiger partial charge in [-0.05, 0) is 154 Å². The Morgan fingerprint density at radius 2 is 1.08 bits per heavy atom. The highest BCUT2D eigenvalue weighted by molar-refractivity contribution is 5.97. The number of amides is 1. The fraction of sp³-hybridized carbons (Fsp3) is 0.349. The molecule has 2 saturated carbocycles. The first-order valence-electron chi connectivity index (χ1n) is 27.9. The van der Waals surface area contributed by atoms with Crippen LogP contribution in [0.25, 0.3) is 11.4 Å². The van der Waals surface area contributed by atoms with Crippen LogP contribution in [0.1, 0.15) is 150 Å². The number of carbonyl (C=O) groups is 3. The Bertz CT molecular complexity index is 3940. The van der Waals surface area contributed by atoms with Gasteiger partial charge >= 0.3 is 17.5 Å². The van der Waals surface area contributed by atoms with Crippen LogP contribution in [0.4, 0.5) is 13.6 Å². The molecule has 4 heterocycles. The van der Waals surface area contributed by atoms with Gasteiger partial charge in [0.1, 0.15) is 28.6 Å². The number of H-pyrrole nitrogens is 2. The van der Waals surface area contributed by atoms with Crippen LogP contribution in [0.5, 0.6) is 0 Å². The van der Waals surface area contributed by atoms with Crippen LogP contribution >= 0.6 is 12.4 Å². The third-order valence-electron chi connectivity index (χ3n) is 14.7. The summed E-state index contributed by atoms with van der Waals surface area (Å²) in [5.74, 6) is -0.416. The number of carbonyl (C=O) groups excluding carboxylic acids is 3. The molecule has 2 aliphatic rings. The van der Waals surface area contributed by atoms with E-state index in [2.05, 4.69) is 25.5 Å². The Balaban J connectivity index is 0.000000219. The molecule has 5 N–H and O–H groups in total. The Hall–Kier alpha value is -8.62. The van der Waals surface area contributed by atoms with Crippen LogP contribution in [0, 0.1) is 37.3 Å². The zero-order valence-corrected chi connectivity index (χ0v) is 48.3. The SMILES string of the molecule is Cc1cc(C(=O)Cc2cc(C(CCC3CC3)n3ccc(=O)[nH]c3=O)ccc2F)n(-c2cccc(CN)c2)n1.Cc1cc(C(=O)Cc2cc(C(CCC3CC3)n3ccc(=O)[nH]c3=O)ccc2F)n(-c2cccc(CNC(=O)OC(C)(C)C)c2)n1.Cl. The highest BCUT2D eigenvalue weighted by Crippen LogP contribution is 2.38. The van der Waals surface area contributed by atoms with Crippen molar-refractivity contribution in [3.05, 3.63) is 231 Å². The standard InChI is InChI=1S/C34H38FN5O5.C29H30FN5O3.ClH/c1-21-16-29(40(38-21)26-7-5-6-23(17-26)20-36-33(44)45-34(2,3)4)30(41)19-25-18-24(11-12-27(25)35)28(13-10-22-8-9-22)39-15-14-31(42)37-32(39)43;1-18-13-26(35(33-18)23-4-2-3-20(14-23)17-31)27(36)16-22-15-21(8-9-24(22)30)25(10-7-19-5-6-19)34-12-11-28(37)32-29(34)38;/h5-7,11-12,14-18,22,28H,8-10,13,19-20H2,1-4H3,(H,36,44)(H,37,42,43);2-4,8-9,11-15,19,25H,5-7,10,16-17,31H2,1H3,(H,32,37,38);1H. The predicted octanol–water partition coefficient (Wildman–Crippen LogP) is 9.65. The van der Waals surface area contributed by atoms with Crippen LogP contribution < -0.4 is 33.5 Å². The molecule has 0 spiro atoms. The van der Waals surface area contributed by atoms with E-state index in [1.54, 1.807) is 87.8 Å². The van der Waals surface area contributed by atoms with Gasteiger partial charge in [0, 0.05) is 50.5 Å². The number of alkyl carbamates (subject to hydrolysis) is 1. The predicted molar refractivity (Wildman–Crippen MR) is 317 cm³/mol. The van der Waals surface area contributed by atoms with Gasteiger partial charge in [-0.15, -0.1) is 12.4 Å². The zero-order valence-electron chi connectivity index (χ0n) is 47.5. The molecule has 10 rings (SSSR count). The van der Waals surface area contributed by atoms with Gasteiger partial charge in [0.15, 0.2) is 11.6 Å². The van der Waals surface area contributed by atoms with Crippen molar-refractivity contribution in [2.24, 2.45) is 17.6 Å². The number of hydrogen-bond acceptors (Lipinski definition) is 11. The summed E-state index contributed by atoms with van der Waals surface area (Å²) >= 11 is 0. The van der Waals surface area contributed by atoms with Crippen molar-refractivity contribution in [2.45, 2.75) is 130 Å². The molecule has 0 aliphatic heterocycles. The number of nitrogens with zero attached hydrogens (tertiary/aromatic N) is 6. The molecule has 2 atom stereocenters. The van der Waals surface area contributed by atoms with Gasteiger partial charge in [-0.3, -0.25) is 38.3 Å². The zero-order chi connectivity index (χ0) is 59.1. The second-order valence-electron chi connectivity index (χ2n) is 22.6. The molecule has 8 aromatic rings. The molecule has 18 nitrogen and oxygen atoms in total. The van der Waals surface area contributed by atoms with Crippen LogP contribution in [0.2, 0.25) is 0 Å². The fourth-order valence-corrected chi connectivity index (χ4v) is 10.2. The molecule has 4 aromatic heterocycles. The summed E-state index contributed by atoms with van der Waals surface area (Å²) in [4.78, 5) is 92.5. The Labute approximate surface area is 489 Å². The van der Waals surface area contributed by atoms with Gasteiger partial charge < -0.3 is 15.8 Å². The molecule has 4 aromatic carbocycles. The third-order valence-corrected chi connectivity index (χ3v) is 14.7. The van der Waals surface area contributed by atoms with Crippen molar-refractivity contribution < 1.29 is 27.9 Å². The second-order valence-corrected chi connectivity index (χ2v) is 22.6. The molecule has 2 fully saturated rings. The quantitative estimate of drug-likeness (QED) is 0.0494. The summed E-state index contributed by atoms with van der Waals surface area (Å²) in [6, 6.07) is 29.1. The minimum atomic E-state index is -0.621. The van der Waals surface area contributed by atoms with E-state index in [9.17, 15) is 38.0 Å². The molecule has 1 amide bonds. The topological polar surface area (TPSA) is 244 Å². The fourth-order valence-electron chi connectivity index (χ4n) is 10.2. The number of hydrogen-bond donors (Lipinski definition) is 4. The van der Waals surface area contributed by atoms with Crippen molar-refractivity contribution in [3.63, 3.8) is 0 Å². The lowest BCUT2D eigenvalue weighted by Crippen LogP contribution is -2.32. The van der Waals surface area contributed by atoms with Crippen molar-refractivity contribution in [3.8, 4) is 11.4 Å². The number of ketones is 2. The van der Waals surface area contributed by atoms with Crippen molar-refractivity contribution in [2.75, 3.05) is 0 Å². The first-order chi connectivity index (χ1) is 39.7. The van der Waals surface area contributed by atoms with E-state index in [1.807, 2.05) is 36.4 Å². The van der Waals surface area contributed by atoms with E-state index in [1.165, 1.54) is 50.5 Å². The third kappa shape index (κ3) is 15.9. The van der Waals surface area contributed by atoms with Crippen LogP contribution in [-0.4, -0.2) is 61.9 Å². The highest BCUT2D eigenvalue weighted by atomic mass is 35.5. The summed E-state index contributed by atoms with van der Waals surface area (Å²) < 4.78 is 41.5. The lowest BCUT2D eigenvalue weighted by Gasteiger charge is -2.21. The number of aromatic amines is 2. The number of aromatic nitrogens is 8. The van der Waals surface area contributed by atoms with Gasteiger partial charge in [-0.25, -0.2) is 32.5 Å². The van der Waals surface area contributed by atoms with Gasteiger partial charge in [0.25, 0.3) is 11.1 Å². The number of ether oxygens (including phenoxy) is 1. The molecule has 2 unspecified atom stereocenters. The minimum Gasteiger partial charge on any atom is -0.444 e. The first-order valence-corrected chi connectivity index (χ1v) is 27.9. The Morgan fingerprint density at radius 1 is 0.643 bits per heavy atom. The molecule has 0 saturated heterocycles. The molecule has 0 bridgehead atoms. The number of aryl methyl sites for hydroxylation is 2. The van der Waals surface area contributed by atoms with Crippen LogP contribution in [0.3, 0.4) is 0 Å². The van der Waals surface area contributed by atoms with Crippen LogP contribution in [0.15, 0.2) is 141 Å². The lowest BCUT2D eigenvalue weighted by molar-refractivity contribution is 0.0523. The van der Waals surface area contributed by atoms with Crippen molar-refractivity contribution >= 4 is 30.1 Å². The average Bonchev–Trinajstić information content (AvgIpc) is 4.55.